The Hall–Kier alpha value is -2.71. The molecule has 27 heavy (non-hydrogen) atoms. The van der Waals surface area contributed by atoms with Crippen molar-refractivity contribution in [2.75, 3.05) is 11.4 Å². The molecule has 0 radical (unpaired) electrons. The third-order valence-corrected chi connectivity index (χ3v) is 5.55. The highest BCUT2D eigenvalue weighted by atomic mass is 32.2. The Labute approximate surface area is 158 Å². The second-order valence-electron chi connectivity index (χ2n) is 6.60. The zero-order valence-electron chi connectivity index (χ0n) is 14.9. The first-order chi connectivity index (χ1) is 12.8. The number of hydrogen-bond acceptors (Lipinski definition) is 4. The number of hydrogen-bond donors (Lipinski definition) is 2. The summed E-state index contributed by atoms with van der Waals surface area (Å²) in [4.78, 5) is 26.4. The molecule has 0 aliphatic carbocycles. The first-order valence-electron chi connectivity index (χ1n) is 8.51. The number of carbonyl (C=O) groups excluding carboxylic acids is 2. The molecule has 1 fully saturated rings. The van der Waals surface area contributed by atoms with Gasteiger partial charge in [-0.2, -0.15) is 0 Å². The number of nitrogens with two attached hydrogens (primary N) is 1. The fraction of sp³-hybridized carbons (Fsp3) is 0.263. The number of benzene rings is 2. The number of carbonyl (C=O) groups is 2. The van der Waals surface area contributed by atoms with E-state index in [0.717, 1.165) is 16.8 Å². The van der Waals surface area contributed by atoms with Crippen molar-refractivity contribution < 1.29 is 18.0 Å². The van der Waals surface area contributed by atoms with Crippen LogP contribution in [0.3, 0.4) is 0 Å². The van der Waals surface area contributed by atoms with Crippen LogP contribution in [0.5, 0.6) is 0 Å². The van der Waals surface area contributed by atoms with Gasteiger partial charge in [0.1, 0.15) is 0 Å². The van der Waals surface area contributed by atoms with Crippen molar-refractivity contribution in [3.05, 3.63) is 59.7 Å². The van der Waals surface area contributed by atoms with Crippen LogP contribution in [0.2, 0.25) is 0 Å². The number of nitrogens with zero attached hydrogens (tertiary/aromatic N) is 1. The number of primary sulfonamides is 1. The lowest BCUT2D eigenvalue weighted by molar-refractivity contribution is -0.126. The van der Waals surface area contributed by atoms with Gasteiger partial charge in [-0.25, -0.2) is 13.6 Å². The van der Waals surface area contributed by atoms with Crippen molar-refractivity contribution in [2.45, 2.75) is 24.8 Å². The quantitative estimate of drug-likeness (QED) is 0.806. The number of amides is 2. The van der Waals surface area contributed by atoms with E-state index in [-0.39, 0.29) is 29.7 Å². The van der Waals surface area contributed by atoms with E-state index in [0.29, 0.717) is 6.54 Å². The van der Waals surface area contributed by atoms with Gasteiger partial charge in [-0.3, -0.25) is 9.59 Å². The third-order valence-electron chi connectivity index (χ3n) is 4.62. The molecule has 2 aromatic carbocycles. The van der Waals surface area contributed by atoms with Crippen LogP contribution in [0.15, 0.2) is 53.4 Å². The molecule has 2 amide bonds. The Morgan fingerprint density at radius 1 is 1.19 bits per heavy atom. The molecule has 1 aliphatic rings. The topological polar surface area (TPSA) is 110 Å². The SMILES string of the molecule is Cc1ccccc1N1C[C@@H](C(=O)NCc2ccc(S(N)(=O)=O)cc2)CC1=O. The molecule has 3 rings (SSSR count). The maximum Gasteiger partial charge on any atom is 0.238 e. The average Bonchev–Trinajstić information content (AvgIpc) is 3.01. The number of para-hydroxylation sites is 1. The van der Waals surface area contributed by atoms with Crippen LogP contribution in [-0.4, -0.2) is 26.8 Å². The molecule has 1 atom stereocenters. The molecule has 1 aliphatic heterocycles. The van der Waals surface area contributed by atoms with Gasteiger partial charge in [-0.15, -0.1) is 0 Å². The van der Waals surface area contributed by atoms with Crippen molar-refractivity contribution in [3.63, 3.8) is 0 Å². The molecule has 0 unspecified atom stereocenters. The highest BCUT2D eigenvalue weighted by Gasteiger charge is 2.35. The lowest BCUT2D eigenvalue weighted by Crippen LogP contribution is -2.32. The van der Waals surface area contributed by atoms with E-state index < -0.39 is 15.9 Å². The van der Waals surface area contributed by atoms with Crippen molar-refractivity contribution in [3.8, 4) is 0 Å². The molecule has 1 heterocycles. The second-order valence-corrected chi connectivity index (χ2v) is 8.16. The number of anilines is 1. The van der Waals surface area contributed by atoms with Crippen molar-refractivity contribution in [1.82, 2.24) is 5.32 Å². The first kappa shape index (κ1) is 19.1. The summed E-state index contributed by atoms with van der Waals surface area (Å²) in [5, 5.41) is 7.87. The van der Waals surface area contributed by atoms with E-state index in [1.165, 1.54) is 12.1 Å². The molecule has 0 aromatic heterocycles. The van der Waals surface area contributed by atoms with E-state index in [4.69, 9.17) is 5.14 Å². The van der Waals surface area contributed by atoms with Crippen LogP contribution in [0.4, 0.5) is 5.69 Å². The molecule has 1 saturated heterocycles. The van der Waals surface area contributed by atoms with E-state index in [1.54, 1.807) is 17.0 Å². The van der Waals surface area contributed by atoms with E-state index in [9.17, 15) is 18.0 Å². The Morgan fingerprint density at radius 2 is 1.85 bits per heavy atom. The van der Waals surface area contributed by atoms with Gasteiger partial charge in [0.15, 0.2) is 0 Å². The summed E-state index contributed by atoms with van der Waals surface area (Å²) in [6.07, 6.45) is 0.171. The Kier molecular flexibility index (Phi) is 5.29. The Morgan fingerprint density at radius 3 is 2.48 bits per heavy atom. The lowest BCUT2D eigenvalue weighted by atomic mass is 10.1. The fourth-order valence-electron chi connectivity index (χ4n) is 3.11. The molecular formula is C19H21N3O4S. The maximum atomic E-state index is 12.4. The molecule has 0 bridgehead atoms. The monoisotopic (exact) mass is 387 g/mol. The number of rotatable bonds is 5. The highest BCUT2D eigenvalue weighted by molar-refractivity contribution is 7.89. The van der Waals surface area contributed by atoms with Crippen molar-refractivity contribution >= 4 is 27.5 Å². The smallest absolute Gasteiger partial charge is 0.238 e. The van der Waals surface area contributed by atoms with Gasteiger partial charge in [0.2, 0.25) is 21.8 Å². The molecule has 0 spiro atoms. The lowest BCUT2D eigenvalue weighted by Gasteiger charge is -2.19. The van der Waals surface area contributed by atoms with Gasteiger partial charge in [-0.1, -0.05) is 30.3 Å². The first-order valence-corrected chi connectivity index (χ1v) is 10.1. The summed E-state index contributed by atoms with van der Waals surface area (Å²) in [6.45, 7) is 2.53. The van der Waals surface area contributed by atoms with Crippen molar-refractivity contribution in [1.29, 1.82) is 0 Å². The minimum Gasteiger partial charge on any atom is -0.352 e. The molecule has 7 nitrogen and oxygen atoms in total. The fourth-order valence-corrected chi connectivity index (χ4v) is 3.63. The molecular weight excluding hydrogens is 366 g/mol. The van der Waals surface area contributed by atoms with Crippen LogP contribution < -0.4 is 15.4 Å². The summed E-state index contributed by atoms with van der Waals surface area (Å²) < 4.78 is 22.5. The Balaban J connectivity index is 1.61. The minimum absolute atomic E-state index is 0.0211. The van der Waals surface area contributed by atoms with Crippen LogP contribution in [0.1, 0.15) is 17.5 Å². The molecule has 3 N–H and O–H groups in total. The average molecular weight is 387 g/mol. The third kappa shape index (κ3) is 4.35. The second kappa shape index (κ2) is 7.50. The summed E-state index contributed by atoms with van der Waals surface area (Å²) in [5.74, 6) is -0.683. The zero-order valence-corrected chi connectivity index (χ0v) is 15.7. The number of aryl methyl sites for hydroxylation is 1. The molecule has 8 heteroatoms. The van der Waals surface area contributed by atoms with Gasteiger partial charge < -0.3 is 10.2 Å². The van der Waals surface area contributed by atoms with E-state index >= 15 is 0 Å². The summed E-state index contributed by atoms with van der Waals surface area (Å²) in [7, 11) is -3.74. The normalized spacial score (nSPS) is 17.2. The zero-order chi connectivity index (χ0) is 19.6. The van der Waals surface area contributed by atoms with Gasteiger partial charge >= 0.3 is 0 Å². The standard InChI is InChI=1S/C19H21N3O4S/c1-13-4-2-3-5-17(13)22-12-15(10-18(22)23)19(24)21-11-14-6-8-16(9-7-14)27(20,25)26/h2-9,15H,10-12H2,1H3,(H,21,24)(H2,20,25,26)/t15-/m0/s1. The summed E-state index contributed by atoms with van der Waals surface area (Å²) in [5.41, 5.74) is 2.56. The van der Waals surface area contributed by atoms with Crippen molar-refractivity contribution in [2.24, 2.45) is 11.1 Å². The van der Waals surface area contributed by atoms with Gasteiger partial charge in [0, 0.05) is 25.2 Å². The van der Waals surface area contributed by atoms with Gasteiger partial charge in [0.25, 0.3) is 0 Å². The number of sulfonamides is 1. The largest absolute Gasteiger partial charge is 0.352 e. The molecule has 2 aromatic rings. The van der Waals surface area contributed by atoms with Crippen LogP contribution in [0, 0.1) is 12.8 Å². The molecule has 0 saturated carbocycles. The van der Waals surface area contributed by atoms with Gasteiger partial charge in [0.05, 0.1) is 10.8 Å². The predicted octanol–water partition coefficient (Wildman–Crippen LogP) is 1.31. The van der Waals surface area contributed by atoms with E-state index in [2.05, 4.69) is 5.32 Å². The maximum absolute atomic E-state index is 12.4. The van der Waals surface area contributed by atoms with E-state index in [1.807, 2.05) is 31.2 Å². The summed E-state index contributed by atoms with van der Waals surface area (Å²) >= 11 is 0. The van der Waals surface area contributed by atoms with Gasteiger partial charge in [-0.05, 0) is 36.2 Å². The van der Waals surface area contributed by atoms with Crippen LogP contribution in [0.25, 0.3) is 0 Å². The predicted molar refractivity (Wildman–Crippen MR) is 101 cm³/mol. The van der Waals surface area contributed by atoms with Crippen LogP contribution in [-0.2, 0) is 26.2 Å². The highest BCUT2D eigenvalue weighted by Crippen LogP contribution is 2.27. The number of nitrogens with one attached hydrogen (secondary N) is 1. The minimum atomic E-state index is -3.74. The summed E-state index contributed by atoms with van der Waals surface area (Å²) in [6, 6.07) is 13.6. The molecule has 142 valence electrons. The van der Waals surface area contributed by atoms with Crippen LogP contribution >= 0.6 is 0 Å². The Bertz CT molecular complexity index is 971.